The van der Waals surface area contributed by atoms with Crippen molar-refractivity contribution in [2.75, 3.05) is 50.3 Å². The lowest BCUT2D eigenvalue weighted by atomic mass is 9.89. The van der Waals surface area contributed by atoms with Crippen LogP contribution in [0.3, 0.4) is 0 Å². The second-order valence-corrected chi connectivity index (χ2v) is 24.5. The van der Waals surface area contributed by atoms with Crippen molar-refractivity contribution in [2.45, 2.75) is 105 Å². The van der Waals surface area contributed by atoms with Crippen LogP contribution < -0.4 is 30.3 Å². The number of rotatable bonds is 17. The highest BCUT2D eigenvalue weighted by Gasteiger charge is 2.53. The van der Waals surface area contributed by atoms with Gasteiger partial charge in [-0.2, -0.15) is 0 Å². The Hall–Kier alpha value is -11.2. The molecule has 4 N–H and O–H groups in total. The molecule has 6 aliphatic rings. The first-order valence-electron chi connectivity index (χ1n) is 32.4. The Balaban J connectivity index is 0.000000138. The first kappa shape index (κ1) is 71.6. The first-order chi connectivity index (χ1) is 47.9. The maximum Gasteiger partial charge on any atom is 0.375 e. The number of ketones is 2. The lowest BCUT2D eigenvalue weighted by molar-refractivity contribution is -0.154. The number of carbonyl (C=O) groups is 8. The number of fused-ring (bicyclic) bond motifs is 2. The monoisotopic (exact) mass is 1380 g/mol. The maximum atomic E-state index is 12.8. The average molecular weight is 1380 g/mol. The number of anilines is 2. The largest absolute Gasteiger partial charge is 0.488 e. The number of ether oxygens (including phenoxy) is 4. The minimum atomic E-state index is -1.05. The molecule has 5 aromatic heterocycles. The van der Waals surface area contributed by atoms with Crippen LogP contribution in [0.15, 0.2) is 190 Å². The number of likely N-dealkylation sites (N-methyl/N-ethyl adjacent to an activating group) is 2. The summed E-state index contributed by atoms with van der Waals surface area (Å²) in [7, 11) is 3.25. The van der Waals surface area contributed by atoms with Gasteiger partial charge in [0.25, 0.3) is 11.8 Å². The van der Waals surface area contributed by atoms with Gasteiger partial charge in [-0.25, -0.2) is 24.4 Å². The molecule has 2 aliphatic heterocycles. The van der Waals surface area contributed by atoms with Crippen molar-refractivity contribution in [3.05, 3.63) is 233 Å². The third kappa shape index (κ3) is 15.7. The first-order valence-corrected chi connectivity index (χ1v) is 32.4. The predicted molar refractivity (Wildman–Crippen MR) is 363 cm³/mol. The Morgan fingerprint density at radius 1 is 0.540 bits per heavy atom. The third-order valence-corrected chi connectivity index (χ3v) is 18.1. The second-order valence-electron chi connectivity index (χ2n) is 24.5. The molecule has 7 heterocycles. The molecule has 2 atom stereocenters. The molecule has 15 rings (SSSR count). The van der Waals surface area contributed by atoms with Crippen LogP contribution in [0.2, 0.25) is 0 Å². The van der Waals surface area contributed by atoms with Gasteiger partial charge in [-0.1, -0.05) is 137 Å². The fourth-order valence-corrected chi connectivity index (χ4v) is 11.9. The molecule has 518 valence electrons. The molecule has 4 fully saturated rings. The van der Waals surface area contributed by atoms with Crippen molar-refractivity contribution in [3.63, 3.8) is 0 Å². The number of halogens is 1. The van der Waals surface area contributed by atoms with Crippen LogP contribution in [0.1, 0.15) is 143 Å². The lowest BCUT2D eigenvalue weighted by Gasteiger charge is -2.19. The average Bonchev–Trinajstić information content (AvgIpc) is 1.61. The van der Waals surface area contributed by atoms with Gasteiger partial charge in [0.1, 0.15) is 42.6 Å². The number of carbonyl (C=O) groups excluding carboxylic acids is 7. The summed E-state index contributed by atoms with van der Waals surface area (Å²) in [5, 5.41) is 22.9. The smallest absolute Gasteiger partial charge is 0.375 e. The summed E-state index contributed by atoms with van der Waals surface area (Å²) in [5.74, 6) is -0.219. The number of nitrogens with zero attached hydrogens (tertiary/aromatic N) is 7. The van der Waals surface area contributed by atoms with Gasteiger partial charge in [0.2, 0.25) is 11.7 Å². The quantitative estimate of drug-likeness (QED) is 0.0433. The fourth-order valence-electron chi connectivity index (χ4n) is 11.9. The number of carboxylic acid groups (broad SMARTS) is 1. The van der Waals surface area contributed by atoms with Crippen molar-refractivity contribution in [3.8, 4) is 11.5 Å². The lowest BCUT2D eigenvalue weighted by Crippen LogP contribution is -2.49. The van der Waals surface area contributed by atoms with Gasteiger partial charge >= 0.3 is 17.9 Å². The minimum absolute atomic E-state index is 0. The number of hydrogen-bond donors (Lipinski definition) is 3. The van der Waals surface area contributed by atoms with E-state index in [4.69, 9.17) is 38.6 Å². The van der Waals surface area contributed by atoms with Gasteiger partial charge in [-0.05, 0) is 112 Å². The number of aromatic nitrogens is 5. The van der Waals surface area contributed by atoms with Crippen molar-refractivity contribution in [1.82, 2.24) is 30.8 Å². The number of esters is 2. The van der Waals surface area contributed by atoms with E-state index in [-0.39, 0.29) is 89.6 Å². The molecule has 4 aromatic carbocycles. The van der Waals surface area contributed by atoms with Crippen molar-refractivity contribution >= 4 is 71.2 Å². The van der Waals surface area contributed by atoms with E-state index < -0.39 is 47.1 Å². The summed E-state index contributed by atoms with van der Waals surface area (Å²) in [6.07, 6.45) is 10.2. The van der Waals surface area contributed by atoms with Gasteiger partial charge in [0, 0.05) is 44.7 Å². The highest BCUT2D eigenvalue weighted by molar-refractivity contribution is 6.37. The molecule has 0 saturated heterocycles. The zero-order valence-corrected chi connectivity index (χ0v) is 56.1. The van der Waals surface area contributed by atoms with E-state index in [1.165, 1.54) is 21.4 Å². The zero-order chi connectivity index (χ0) is 69.9. The molecular weight excluding hydrogens is 1310 g/mol. The number of nitrogens with two attached hydrogens (primary N) is 1. The fraction of sp³-hybridized carbons (Fsp3) is 0.311. The van der Waals surface area contributed by atoms with E-state index in [0.29, 0.717) is 41.3 Å². The minimum Gasteiger partial charge on any atom is -0.488 e. The molecule has 4 aliphatic carbocycles. The molecule has 26 heteroatoms. The highest BCUT2D eigenvalue weighted by atomic mass is 35.5. The van der Waals surface area contributed by atoms with Gasteiger partial charge in [0.15, 0.2) is 46.0 Å². The van der Waals surface area contributed by atoms with Crippen molar-refractivity contribution in [2.24, 2.45) is 5.73 Å². The van der Waals surface area contributed by atoms with Gasteiger partial charge in [0.05, 0.1) is 41.3 Å². The Labute approximate surface area is 581 Å². The van der Waals surface area contributed by atoms with Gasteiger partial charge in [-0.15, -0.1) is 12.4 Å². The van der Waals surface area contributed by atoms with Crippen molar-refractivity contribution in [1.29, 1.82) is 0 Å². The number of pyridine rings is 2. The number of hydrogen-bond acceptors (Lipinski definition) is 21. The molecule has 4 saturated carbocycles. The normalized spacial score (nSPS) is 17.6. The molecule has 100 heavy (non-hydrogen) atoms. The van der Waals surface area contributed by atoms with E-state index in [1.807, 2.05) is 97.1 Å². The SMILES string of the molecule is CCOC(=O)C(=O)CC(=O)C1(c2ccccc2)CC1.CCOC(=O)c1cc(C2(c3ccccc3)CC2)on1.CN1C(=O)[C@@H](N)COc2cccnc21.CN1C(=O)[C@@H](NC(=O)c2cc(C3(c4ccccc4)CC3)on2)COc2cccnc21.Cl.O=C(O)c1cc(C2(c3ccccc3)CC2)on1. The highest BCUT2D eigenvalue weighted by Crippen LogP contribution is 2.56. The standard InChI is InChI=1S/C22H20N4O4.C15H15NO3.C15H16O4.C13H11NO3.C9H11N3O2.ClH/c1-26-19-17(8-5-11-23-19)29-13-16(21(26)28)24-20(27)15-12-18(30-25-15)22(9-10-22)14-6-3-2-4-7-14;1-2-18-14(17)12-10-13(19-16-12)15(8-9-15)11-6-4-3-5-7-11;1-2-19-14(18)12(16)10-13(17)15(8-9-15)11-6-4-3-5-7-11;15-12(16)10-8-11(17-14-10)13(6-7-13)9-4-2-1-3-5-9;1-12-8-7(3-2-4-11-8)14-5-6(10)9(12)13;/h2-8,11-12,16H,9-10,13H2,1H3,(H,24,27);3-7,10H,2,8-9H2,1H3;3-7H,2,8-10H2,1H3;1-5,8H,6-7H2,(H,15,16);2-4,6H,5,10H2,1H3;1H/t16-;;;;6-;/m0...0./s1. The molecular formula is C74H74ClN9O16. The molecule has 0 bridgehead atoms. The summed E-state index contributed by atoms with van der Waals surface area (Å²) in [6, 6.07) is 50.0. The van der Waals surface area contributed by atoms with E-state index in [9.17, 15) is 38.4 Å². The summed E-state index contributed by atoms with van der Waals surface area (Å²) in [6.45, 7) is 4.08. The third-order valence-electron chi connectivity index (χ3n) is 18.1. The van der Waals surface area contributed by atoms with Crippen molar-refractivity contribution < 1.29 is 76.0 Å². The van der Waals surface area contributed by atoms with Crippen LogP contribution in [0.25, 0.3) is 0 Å². The summed E-state index contributed by atoms with van der Waals surface area (Å²) in [5.41, 5.74) is 9.39. The van der Waals surface area contributed by atoms with Crippen LogP contribution in [0.4, 0.5) is 11.6 Å². The Kier molecular flexibility index (Phi) is 22.3. The second kappa shape index (κ2) is 31.1. The summed E-state index contributed by atoms with van der Waals surface area (Å²) < 4.78 is 36.6. The number of nitrogens with one attached hydrogen (secondary N) is 1. The van der Waals surface area contributed by atoms with E-state index in [2.05, 4.69) is 59.8 Å². The predicted octanol–water partition coefficient (Wildman–Crippen LogP) is 9.68. The van der Waals surface area contributed by atoms with Crippen LogP contribution in [0, 0.1) is 0 Å². The van der Waals surface area contributed by atoms with E-state index >= 15 is 0 Å². The number of aromatic carboxylic acids is 1. The number of Topliss-reactive ketones (excluding diaryl/α,β-unsaturated/α-hetero) is 2. The van der Waals surface area contributed by atoms with Crippen LogP contribution in [-0.2, 0) is 55.1 Å². The van der Waals surface area contributed by atoms with Crippen LogP contribution in [0.5, 0.6) is 11.5 Å². The Morgan fingerprint density at radius 3 is 1.38 bits per heavy atom. The van der Waals surface area contributed by atoms with Gasteiger partial charge in [-0.3, -0.25) is 33.8 Å². The molecule has 0 radical (unpaired) electrons. The Morgan fingerprint density at radius 2 is 0.950 bits per heavy atom. The van der Waals surface area contributed by atoms with Crippen LogP contribution in [-0.4, -0.2) is 130 Å². The van der Waals surface area contributed by atoms with E-state index in [0.717, 1.165) is 73.8 Å². The number of amides is 3. The molecule has 3 amide bonds. The molecule has 25 nitrogen and oxygen atoms in total. The number of carboxylic acids is 1. The Bertz CT molecular complexity index is 4380. The zero-order valence-electron chi connectivity index (χ0n) is 55.3. The summed E-state index contributed by atoms with van der Waals surface area (Å²) >= 11 is 0. The van der Waals surface area contributed by atoms with E-state index in [1.54, 1.807) is 76.7 Å². The summed E-state index contributed by atoms with van der Waals surface area (Å²) in [4.78, 5) is 106. The topological polar surface area (TPSA) is 342 Å². The molecule has 0 unspecified atom stereocenters. The van der Waals surface area contributed by atoms with Crippen LogP contribution >= 0.6 is 12.4 Å². The van der Waals surface area contributed by atoms with Gasteiger partial charge < -0.3 is 48.7 Å². The number of benzene rings is 4. The molecule has 9 aromatic rings. The molecule has 0 spiro atoms. The maximum absolute atomic E-state index is 12.8.